The van der Waals surface area contributed by atoms with Crippen LogP contribution in [0.3, 0.4) is 0 Å². The summed E-state index contributed by atoms with van der Waals surface area (Å²) in [5.74, 6) is 1.83. The molecule has 4 N–H and O–H groups in total. The Morgan fingerprint density at radius 2 is 1.28 bits per heavy atom. The third-order valence-corrected chi connectivity index (χ3v) is 13.7. The molecule has 362 valence electrons. The number of likely N-dealkylation sites (N-methyl/N-ethyl adjacent to an activating group) is 2. The minimum absolute atomic E-state index is 0.125. The maximum absolute atomic E-state index is 12.8. The van der Waals surface area contributed by atoms with Gasteiger partial charge in [0.15, 0.2) is 23.0 Å². The van der Waals surface area contributed by atoms with Gasteiger partial charge in [-0.15, -0.1) is 0 Å². The number of quaternary nitrogens is 2. The van der Waals surface area contributed by atoms with E-state index >= 15 is 0 Å². The summed E-state index contributed by atoms with van der Waals surface area (Å²) in [6.07, 6.45) is 5.42. The van der Waals surface area contributed by atoms with Gasteiger partial charge in [-0.3, -0.25) is 0 Å². The number of aliphatic hydroxyl groups excluding tert-OH is 4. The number of hydrogen-bond donors (Lipinski definition) is 4. The molecule has 0 fully saturated rings. The SMILES string of the molecule is COc1ccc(-c2c3c(cc(OC)c2OC)CC[N+](C)(CCCOC(=O)/C=C\C(=O)OCCC[N+]2(C)CCc4cc(CO)c(CO)c(OC)c4C2Cc2ccc(CO)c(CO)c2)C3)cc1OC. The number of fused-ring (bicyclic) bond motifs is 2. The van der Waals surface area contributed by atoms with Crippen molar-refractivity contribution in [1.29, 1.82) is 0 Å². The molecule has 15 nitrogen and oxygen atoms in total. The summed E-state index contributed by atoms with van der Waals surface area (Å²) in [5.41, 5.74) is 9.63. The van der Waals surface area contributed by atoms with E-state index in [1.807, 2.05) is 42.5 Å². The summed E-state index contributed by atoms with van der Waals surface area (Å²) >= 11 is 0. The Morgan fingerprint density at radius 3 is 1.90 bits per heavy atom. The summed E-state index contributed by atoms with van der Waals surface area (Å²) in [4.78, 5) is 25.5. The predicted octanol–water partition coefficient (Wildman–Crippen LogP) is 5.28. The van der Waals surface area contributed by atoms with Crippen LogP contribution in [-0.2, 0) is 71.3 Å². The summed E-state index contributed by atoms with van der Waals surface area (Å²) in [6.45, 7) is 3.13. The van der Waals surface area contributed by atoms with Crippen LogP contribution in [0.15, 0.2) is 60.7 Å². The average molecular weight is 929 g/mol. The second kappa shape index (κ2) is 22.9. The van der Waals surface area contributed by atoms with Crippen LogP contribution in [0.1, 0.15) is 69.0 Å². The fourth-order valence-corrected chi connectivity index (χ4v) is 9.99. The highest BCUT2D eigenvalue weighted by Crippen LogP contribution is 2.48. The van der Waals surface area contributed by atoms with Crippen molar-refractivity contribution in [2.24, 2.45) is 0 Å². The molecular formula is C52H68N2O13+2. The third kappa shape index (κ3) is 11.4. The van der Waals surface area contributed by atoms with Crippen LogP contribution in [0.2, 0.25) is 0 Å². The van der Waals surface area contributed by atoms with E-state index in [4.69, 9.17) is 33.2 Å². The number of carbonyl (C=O) groups is 2. The first kappa shape index (κ1) is 50.7. The van der Waals surface area contributed by atoms with Gasteiger partial charge in [-0.25, -0.2) is 9.59 Å². The smallest absolute Gasteiger partial charge is 0.331 e. The molecule has 0 radical (unpaired) electrons. The average Bonchev–Trinajstić information content (AvgIpc) is 3.35. The zero-order chi connectivity index (χ0) is 48.3. The summed E-state index contributed by atoms with van der Waals surface area (Å²) in [7, 11) is 12.4. The van der Waals surface area contributed by atoms with E-state index in [0.717, 1.165) is 82.6 Å². The van der Waals surface area contributed by atoms with Gasteiger partial charge >= 0.3 is 11.9 Å². The lowest BCUT2D eigenvalue weighted by Crippen LogP contribution is -2.53. The van der Waals surface area contributed by atoms with Crippen molar-refractivity contribution >= 4 is 11.9 Å². The predicted molar refractivity (Wildman–Crippen MR) is 251 cm³/mol. The number of ether oxygens (including phenoxy) is 7. The van der Waals surface area contributed by atoms with Crippen molar-refractivity contribution in [3.8, 4) is 39.9 Å². The molecule has 67 heavy (non-hydrogen) atoms. The standard InChI is InChI=1S/C52H68N2O13/c1-53(20-16-35-27-46(63-5)52(65-7)49(41(35)29-53)36-12-13-44(61-3)45(28-36)62-4)18-8-22-66-47(59)14-15-48(60)67-23-9-19-54(2)21-17-37-26-40(32-57)42(33-58)51(64-6)50(37)43(54)25-34-10-11-38(30-55)39(24-34)31-56/h10-15,24,26-28,43,55-58H,8-9,16-23,25,29-33H2,1-7H3/q+2/b15-14-. The Hall–Kier alpha value is -5.68. The van der Waals surface area contributed by atoms with Gasteiger partial charge < -0.3 is 62.6 Å². The van der Waals surface area contributed by atoms with E-state index in [1.54, 1.807) is 35.5 Å². The number of benzene rings is 4. The molecule has 4 aromatic carbocycles. The molecule has 0 spiro atoms. The number of esters is 2. The van der Waals surface area contributed by atoms with Gasteiger partial charge in [0.2, 0.25) is 0 Å². The van der Waals surface area contributed by atoms with Crippen molar-refractivity contribution in [2.45, 2.75) is 71.1 Å². The normalized spacial score (nSPS) is 18.8. The first-order chi connectivity index (χ1) is 32.3. The maximum Gasteiger partial charge on any atom is 0.331 e. The van der Waals surface area contributed by atoms with Crippen LogP contribution >= 0.6 is 0 Å². The molecular weight excluding hydrogens is 861 g/mol. The number of methoxy groups -OCH3 is 5. The van der Waals surface area contributed by atoms with Gasteiger partial charge in [0.05, 0.1) is 121 Å². The molecule has 0 aliphatic carbocycles. The van der Waals surface area contributed by atoms with Crippen molar-refractivity contribution < 1.29 is 72.1 Å². The topological polar surface area (TPSA) is 180 Å². The molecule has 6 rings (SSSR count). The van der Waals surface area contributed by atoms with Crippen molar-refractivity contribution in [3.05, 3.63) is 111 Å². The highest BCUT2D eigenvalue weighted by atomic mass is 16.5. The van der Waals surface area contributed by atoms with Gasteiger partial charge in [-0.05, 0) is 57.1 Å². The molecule has 3 atom stereocenters. The van der Waals surface area contributed by atoms with Crippen LogP contribution in [-0.4, -0.2) is 130 Å². The first-order valence-corrected chi connectivity index (χ1v) is 22.8. The zero-order valence-corrected chi connectivity index (χ0v) is 40.0. The third-order valence-electron chi connectivity index (χ3n) is 13.7. The Kier molecular flexibility index (Phi) is 17.3. The number of carbonyl (C=O) groups excluding carboxylic acids is 2. The summed E-state index contributed by atoms with van der Waals surface area (Å²) in [5, 5.41) is 40.4. The molecule has 0 aromatic heterocycles. The maximum atomic E-state index is 12.8. The van der Waals surface area contributed by atoms with E-state index in [9.17, 15) is 30.0 Å². The van der Waals surface area contributed by atoms with Crippen LogP contribution in [0, 0.1) is 0 Å². The monoisotopic (exact) mass is 928 g/mol. The van der Waals surface area contributed by atoms with Gasteiger partial charge in [-0.1, -0.05) is 30.3 Å². The van der Waals surface area contributed by atoms with Gasteiger partial charge in [0.1, 0.15) is 18.3 Å². The van der Waals surface area contributed by atoms with E-state index < -0.39 is 11.9 Å². The molecule has 2 heterocycles. The molecule has 0 bridgehead atoms. The lowest BCUT2D eigenvalue weighted by Gasteiger charge is -2.46. The zero-order valence-electron chi connectivity index (χ0n) is 40.0. The van der Waals surface area contributed by atoms with Crippen LogP contribution < -0.4 is 23.7 Å². The summed E-state index contributed by atoms with van der Waals surface area (Å²) < 4.78 is 41.1. The minimum Gasteiger partial charge on any atom is -0.496 e. The molecule has 0 saturated heterocycles. The van der Waals surface area contributed by atoms with Crippen LogP contribution in [0.5, 0.6) is 28.7 Å². The lowest BCUT2D eigenvalue weighted by atomic mass is 9.82. The van der Waals surface area contributed by atoms with Crippen molar-refractivity contribution in [3.63, 3.8) is 0 Å². The number of aliphatic hydroxyl groups is 4. The molecule has 2 aliphatic rings. The Labute approximate surface area is 393 Å². The molecule has 3 unspecified atom stereocenters. The molecule has 0 amide bonds. The fourth-order valence-electron chi connectivity index (χ4n) is 9.99. The minimum atomic E-state index is -0.645. The van der Waals surface area contributed by atoms with E-state index in [1.165, 1.54) is 5.56 Å². The van der Waals surface area contributed by atoms with Crippen LogP contribution in [0.25, 0.3) is 11.1 Å². The Morgan fingerprint density at radius 1 is 0.642 bits per heavy atom. The highest BCUT2D eigenvalue weighted by molar-refractivity contribution is 5.91. The Bertz CT molecular complexity index is 2420. The quantitative estimate of drug-likeness (QED) is 0.0347. The van der Waals surface area contributed by atoms with E-state index in [2.05, 4.69) is 20.2 Å². The molecule has 15 heteroatoms. The largest absolute Gasteiger partial charge is 0.496 e. The molecule has 4 aromatic rings. The Balaban J connectivity index is 1.04. The van der Waals surface area contributed by atoms with E-state index in [0.29, 0.717) is 87.7 Å². The molecule has 0 saturated carbocycles. The number of nitrogens with zero attached hydrogens (tertiary/aromatic N) is 2. The number of rotatable bonds is 22. The van der Waals surface area contributed by atoms with Gasteiger partial charge in [0.25, 0.3) is 0 Å². The summed E-state index contributed by atoms with van der Waals surface area (Å²) in [6, 6.07) is 15.4. The number of hydrogen-bond acceptors (Lipinski definition) is 13. The molecule has 2 aliphatic heterocycles. The fraction of sp³-hybridized carbons (Fsp3) is 0.462. The van der Waals surface area contributed by atoms with Gasteiger partial charge in [0, 0.05) is 60.9 Å². The highest BCUT2D eigenvalue weighted by Gasteiger charge is 2.42. The van der Waals surface area contributed by atoms with E-state index in [-0.39, 0.29) is 45.7 Å². The van der Waals surface area contributed by atoms with Gasteiger partial charge in [-0.2, -0.15) is 0 Å². The van der Waals surface area contributed by atoms with Crippen molar-refractivity contribution in [1.82, 2.24) is 0 Å². The lowest BCUT2D eigenvalue weighted by molar-refractivity contribution is -0.941. The second-order valence-electron chi connectivity index (χ2n) is 17.8. The van der Waals surface area contributed by atoms with Crippen molar-refractivity contribution in [2.75, 3.05) is 89.0 Å². The van der Waals surface area contributed by atoms with Crippen LogP contribution in [0.4, 0.5) is 0 Å². The first-order valence-electron chi connectivity index (χ1n) is 22.8. The second-order valence-corrected chi connectivity index (χ2v) is 17.8.